The van der Waals surface area contributed by atoms with Gasteiger partial charge in [0.05, 0.1) is 30.0 Å². The molecule has 0 saturated carbocycles. The Balaban J connectivity index is 1.47. The van der Waals surface area contributed by atoms with E-state index in [1.165, 1.54) is 24.1 Å². The summed E-state index contributed by atoms with van der Waals surface area (Å²) in [7, 11) is 1.53. The number of imidazole rings is 1. The molecule has 0 aliphatic carbocycles. The summed E-state index contributed by atoms with van der Waals surface area (Å²) >= 11 is 0. The molecule has 1 amide bonds. The zero-order valence-corrected chi connectivity index (χ0v) is 17.7. The van der Waals surface area contributed by atoms with Gasteiger partial charge in [-0.05, 0) is 25.3 Å². The number of benzene rings is 2. The number of ether oxygens (including phenoxy) is 3. The number of nitro benzene ring substituents is 1. The minimum absolute atomic E-state index is 0.0540. The van der Waals surface area contributed by atoms with Crippen LogP contribution in [-0.2, 0) is 16.1 Å². The summed E-state index contributed by atoms with van der Waals surface area (Å²) in [6.07, 6.45) is 4.62. The third-order valence-corrected chi connectivity index (χ3v) is 5.24. The summed E-state index contributed by atoms with van der Waals surface area (Å²) in [4.78, 5) is 27.7. The van der Waals surface area contributed by atoms with Gasteiger partial charge in [0, 0.05) is 36.6 Å². The number of rotatable bonds is 8. The average Bonchev–Trinajstić information content (AvgIpc) is 3.20. The largest absolute Gasteiger partial charge is 0.497 e. The van der Waals surface area contributed by atoms with E-state index in [4.69, 9.17) is 14.2 Å². The van der Waals surface area contributed by atoms with Gasteiger partial charge in [-0.1, -0.05) is 6.07 Å². The molecule has 3 aromatic rings. The van der Waals surface area contributed by atoms with Crippen LogP contribution in [0.4, 0.5) is 11.4 Å². The lowest BCUT2D eigenvalue weighted by atomic mass is 10.1. The Labute approximate surface area is 184 Å². The number of hydrogen-bond acceptors (Lipinski definition) is 7. The van der Waals surface area contributed by atoms with Crippen molar-refractivity contribution in [1.29, 1.82) is 0 Å². The van der Waals surface area contributed by atoms with E-state index < -0.39 is 4.92 Å². The van der Waals surface area contributed by atoms with Crippen LogP contribution in [0.3, 0.4) is 0 Å². The molecule has 0 bridgehead atoms. The predicted molar refractivity (Wildman–Crippen MR) is 117 cm³/mol. The Morgan fingerprint density at radius 2 is 2.16 bits per heavy atom. The van der Waals surface area contributed by atoms with E-state index in [1.54, 1.807) is 30.3 Å². The van der Waals surface area contributed by atoms with Crippen molar-refractivity contribution in [1.82, 2.24) is 9.55 Å². The number of anilines is 1. The summed E-state index contributed by atoms with van der Waals surface area (Å²) in [5.41, 5.74) is 1.14. The number of fused-ring (bicyclic) bond motifs is 1. The molecule has 1 N–H and O–H groups in total. The molecule has 32 heavy (non-hydrogen) atoms. The highest BCUT2D eigenvalue weighted by molar-refractivity contribution is 5.93. The average molecular weight is 440 g/mol. The third kappa shape index (κ3) is 4.97. The number of methoxy groups -OCH3 is 1. The van der Waals surface area contributed by atoms with Crippen molar-refractivity contribution in [2.24, 2.45) is 0 Å². The van der Waals surface area contributed by atoms with Crippen LogP contribution in [0.2, 0.25) is 0 Å². The lowest BCUT2D eigenvalue weighted by Gasteiger charge is -2.22. The van der Waals surface area contributed by atoms with Crippen LogP contribution < -0.4 is 14.8 Å². The van der Waals surface area contributed by atoms with E-state index in [-0.39, 0.29) is 24.2 Å². The second-order valence-electron chi connectivity index (χ2n) is 7.52. The summed E-state index contributed by atoms with van der Waals surface area (Å²) in [6.45, 7) is 1.03. The fraction of sp³-hybridized carbons (Fsp3) is 0.364. The first kappa shape index (κ1) is 21.6. The number of nitro groups is 1. The molecule has 1 fully saturated rings. The molecule has 10 heteroatoms. The van der Waals surface area contributed by atoms with Crippen molar-refractivity contribution in [2.45, 2.75) is 31.9 Å². The quantitative estimate of drug-likeness (QED) is 0.420. The number of nitrogens with one attached hydrogen (secondary N) is 1. The maximum atomic E-state index is 12.7. The number of nitrogens with zero attached hydrogens (tertiary/aromatic N) is 3. The van der Waals surface area contributed by atoms with Crippen LogP contribution in [0.15, 0.2) is 42.7 Å². The van der Waals surface area contributed by atoms with E-state index in [2.05, 4.69) is 10.3 Å². The monoisotopic (exact) mass is 440 g/mol. The number of amides is 1. The fourth-order valence-electron chi connectivity index (χ4n) is 3.70. The van der Waals surface area contributed by atoms with Crippen molar-refractivity contribution in [3.63, 3.8) is 0 Å². The maximum absolute atomic E-state index is 12.7. The number of non-ortho nitro benzene ring substituents is 1. The van der Waals surface area contributed by atoms with Gasteiger partial charge in [-0.3, -0.25) is 14.9 Å². The predicted octanol–water partition coefficient (Wildman–Crippen LogP) is 3.54. The molecule has 168 valence electrons. The van der Waals surface area contributed by atoms with Gasteiger partial charge < -0.3 is 24.1 Å². The van der Waals surface area contributed by atoms with Crippen molar-refractivity contribution in [2.75, 3.05) is 25.6 Å². The van der Waals surface area contributed by atoms with Crippen LogP contribution in [-0.4, -0.2) is 46.8 Å². The molecule has 2 heterocycles. The van der Waals surface area contributed by atoms with Crippen molar-refractivity contribution in [3.05, 3.63) is 52.8 Å². The van der Waals surface area contributed by atoms with Gasteiger partial charge >= 0.3 is 0 Å². The molecule has 1 unspecified atom stereocenters. The SMILES string of the molecule is COc1cc(NC(=O)Cn2cnc3cccc([N+](=O)[O-])c32)cc(OCC2CCCCO2)c1. The maximum Gasteiger partial charge on any atom is 0.295 e. The van der Waals surface area contributed by atoms with Crippen LogP contribution in [0, 0.1) is 10.1 Å². The van der Waals surface area contributed by atoms with Crippen molar-refractivity contribution >= 4 is 28.3 Å². The Morgan fingerprint density at radius 1 is 1.31 bits per heavy atom. The van der Waals surface area contributed by atoms with Gasteiger partial charge in [-0.15, -0.1) is 0 Å². The van der Waals surface area contributed by atoms with E-state index >= 15 is 0 Å². The first-order valence-electron chi connectivity index (χ1n) is 10.3. The number of para-hydroxylation sites is 1. The van der Waals surface area contributed by atoms with Crippen molar-refractivity contribution in [3.8, 4) is 11.5 Å². The van der Waals surface area contributed by atoms with Crippen LogP contribution in [0.25, 0.3) is 11.0 Å². The first-order chi connectivity index (χ1) is 15.5. The topological polar surface area (TPSA) is 118 Å². The van der Waals surface area contributed by atoms with E-state index in [1.807, 2.05) is 0 Å². The fourth-order valence-corrected chi connectivity index (χ4v) is 3.70. The van der Waals surface area contributed by atoms with E-state index in [0.717, 1.165) is 25.9 Å². The van der Waals surface area contributed by atoms with E-state index in [9.17, 15) is 14.9 Å². The van der Waals surface area contributed by atoms with Gasteiger partial charge in [-0.25, -0.2) is 4.98 Å². The zero-order valence-electron chi connectivity index (χ0n) is 17.7. The Kier molecular flexibility index (Phi) is 6.50. The zero-order chi connectivity index (χ0) is 22.5. The lowest BCUT2D eigenvalue weighted by molar-refractivity contribution is -0.383. The summed E-state index contributed by atoms with van der Waals surface area (Å²) in [5, 5.41) is 14.2. The summed E-state index contributed by atoms with van der Waals surface area (Å²) < 4.78 is 18.3. The van der Waals surface area contributed by atoms with Gasteiger partial charge in [-0.2, -0.15) is 0 Å². The smallest absolute Gasteiger partial charge is 0.295 e. The van der Waals surface area contributed by atoms with Gasteiger partial charge in [0.25, 0.3) is 5.69 Å². The molecule has 0 radical (unpaired) electrons. The number of aromatic nitrogens is 2. The summed E-state index contributed by atoms with van der Waals surface area (Å²) in [5.74, 6) is 0.723. The molecule has 1 aliphatic heterocycles. The second kappa shape index (κ2) is 9.65. The van der Waals surface area contributed by atoms with Crippen LogP contribution in [0.5, 0.6) is 11.5 Å². The molecule has 4 rings (SSSR count). The summed E-state index contributed by atoms with van der Waals surface area (Å²) in [6, 6.07) is 9.74. The highest BCUT2D eigenvalue weighted by Crippen LogP contribution is 2.28. The van der Waals surface area contributed by atoms with E-state index in [0.29, 0.717) is 34.8 Å². The minimum atomic E-state index is -0.486. The van der Waals surface area contributed by atoms with Crippen molar-refractivity contribution < 1.29 is 23.9 Å². The molecular weight excluding hydrogens is 416 g/mol. The van der Waals surface area contributed by atoms with Gasteiger partial charge in [0.15, 0.2) is 0 Å². The first-order valence-corrected chi connectivity index (χ1v) is 10.3. The second-order valence-corrected chi connectivity index (χ2v) is 7.52. The Bertz CT molecular complexity index is 1120. The molecular formula is C22H24N4O6. The number of carbonyl (C=O) groups is 1. The highest BCUT2D eigenvalue weighted by atomic mass is 16.6. The standard InChI is InChI=1S/C22H24N4O6/c1-30-17-9-15(10-18(11-17)32-13-16-5-2-3-8-31-16)24-21(27)12-25-14-23-19-6-4-7-20(22(19)25)26(28)29/h4,6-7,9-11,14,16H,2-3,5,8,12-13H2,1H3,(H,24,27). The molecule has 10 nitrogen and oxygen atoms in total. The number of carbonyl (C=O) groups excluding carboxylic acids is 1. The lowest BCUT2D eigenvalue weighted by Crippen LogP contribution is -2.25. The highest BCUT2D eigenvalue weighted by Gasteiger charge is 2.19. The molecule has 1 aromatic heterocycles. The molecule has 1 atom stereocenters. The number of hydrogen-bond donors (Lipinski definition) is 1. The Morgan fingerprint density at radius 3 is 2.91 bits per heavy atom. The molecule has 2 aromatic carbocycles. The van der Waals surface area contributed by atoms with Crippen LogP contribution in [0.1, 0.15) is 19.3 Å². The normalized spacial score (nSPS) is 16.0. The molecule has 1 saturated heterocycles. The molecule has 1 aliphatic rings. The minimum Gasteiger partial charge on any atom is -0.497 e. The van der Waals surface area contributed by atoms with Crippen LogP contribution >= 0.6 is 0 Å². The molecule has 0 spiro atoms. The third-order valence-electron chi connectivity index (χ3n) is 5.24. The Hall–Kier alpha value is -3.66. The van der Waals surface area contributed by atoms with Gasteiger partial charge in [0.2, 0.25) is 5.91 Å². The van der Waals surface area contributed by atoms with Gasteiger partial charge in [0.1, 0.15) is 30.2 Å².